The standard InChI is InChI=1S/C2H2O5S3/c3-1(4)7-10(5,6)2(8)9/h(H,3,4)(H,8,9). The van der Waals surface area contributed by atoms with E-state index in [0.717, 1.165) is 0 Å². The van der Waals surface area contributed by atoms with Gasteiger partial charge in [-0.05, 0) is 0 Å². The van der Waals surface area contributed by atoms with Gasteiger partial charge in [0.1, 0.15) is 0 Å². The van der Waals surface area contributed by atoms with Crippen molar-refractivity contribution in [2.24, 2.45) is 0 Å². The van der Waals surface area contributed by atoms with Crippen LogP contribution in [0, 0.1) is 0 Å². The SMILES string of the molecule is O=C(O)OS(=O)(=O)C(=S)S. The number of thiocarbonyl (C=S) groups is 1. The highest BCUT2D eigenvalue weighted by molar-refractivity contribution is 8.36. The molecule has 0 radical (unpaired) electrons. The number of carbonyl (C=O) groups is 1. The Kier molecular flexibility index (Phi) is 3.06. The summed E-state index contributed by atoms with van der Waals surface area (Å²) in [5.74, 6) is 0. The first kappa shape index (κ1) is 9.66. The summed E-state index contributed by atoms with van der Waals surface area (Å²) in [7, 11) is -4.30. The normalized spacial score (nSPS) is 10.5. The van der Waals surface area contributed by atoms with E-state index in [1.54, 1.807) is 0 Å². The van der Waals surface area contributed by atoms with Crippen molar-refractivity contribution in [2.75, 3.05) is 0 Å². The molecule has 0 fully saturated rings. The van der Waals surface area contributed by atoms with Gasteiger partial charge < -0.3 is 9.29 Å². The van der Waals surface area contributed by atoms with E-state index in [2.05, 4.69) is 29.0 Å². The lowest BCUT2D eigenvalue weighted by Gasteiger charge is -1.95. The van der Waals surface area contributed by atoms with Crippen LogP contribution in [0.15, 0.2) is 0 Å². The van der Waals surface area contributed by atoms with Crippen molar-refractivity contribution in [1.29, 1.82) is 0 Å². The molecule has 0 spiro atoms. The maximum atomic E-state index is 10.3. The Morgan fingerprint density at radius 2 is 2.00 bits per heavy atom. The minimum absolute atomic E-state index is 0.810. The lowest BCUT2D eigenvalue weighted by Crippen LogP contribution is -2.14. The summed E-state index contributed by atoms with van der Waals surface area (Å²) in [6.07, 6.45) is -1.93. The second-order valence-corrected chi connectivity index (χ2v) is 4.27. The molecule has 5 nitrogen and oxygen atoms in total. The fourth-order valence-electron chi connectivity index (χ4n) is 0.129. The van der Waals surface area contributed by atoms with Crippen LogP contribution in [0.3, 0.4) is 0 Å². The van der Waals surface area contributed by atoms with Gasteiger partial charge in [-0.1, -0.05) is 12.2 Å². The lowest BCUT2D eigenvalue weighted by atomic mass is 11.5. The fraction of sp³-hybridized carbons (Fsp3) is 0. The Morgan fingerprint density at radius 3 is 2.10 bits per heavy atom. The molecule has 0 aliphatic heterocycles. The lowest BCUT2D eigenvalue weighted by molar-refractivity contribution is 0.148. The van der Waals surface area contributed by atoms with E-state index < -0.39 is 19.8 Å². The van der Waals surface area contributed by atoms with E-state index in [1.165, 1.54) is 0 Å². The molecule has 0 unspecified atom stereocenters. The van der Waals surface area contributed by atoms with Crippen LogP contribution in [-0.2, 0) is 14.3 Å². The van der Waals surface area contributed by atoms with Crippen LogP contribution >= 0.6 is 24.8 Å². The molecule has 1 N–H and O–H groups in total. The van der Waals surface area contributed by atoms with Crippen LogP contribution in [0.2, 0.25) is 0 Å². The number of carboxylic acid groups (broad SMARTS) is 1. The molecule has 0 aromatic heterocycles. The van der Waals surface area contributed by atoms with Gasteiger partial charge in [0.05, 0.1) is 0 Å². The first-order valence-electron chi connectivity index (χ1n) is 1.76. The number of thiol groups is 1. The Hall–Kier alpha value is -0.340. The third-order valence-corrected chi connectivity index (χ3v) is 2.47. The van der Waals surface area contributed by atoms with Gasteiger partial charge in [-0.15, -0.1) is 12.6 Å². The van der Waals surface area contributed by atoms with E-state index in [0.29, 0.717) is 0 Å². The molecule has 0 heterocycles. The van der Waals surface area contributed by atoms with Crippen LogP contribution in [0.5, 0.6) is 0 Å². The molecule has 0 aliphatic carbocycles. The summed E-state index contributed by atoms with van der Waals surface area (Å²) in [6.45, 7) is 0. The predicted octanol–water partition coefficient (Wildman–Crippen LogP) is 0.226. The second-order valence-electron chi connectivity index (χ2n) is 1.07. The predicted molar refractivity (Wildman–Crippen MR) is 39.6 cm³/mol. The van der Waals surface area contributed by atoms with E-state index in [1.807, 2.05) is 0 Å². The van der Waals surface area contributed by atoms with E-state index in [4.69, 9.17) is 5.11 Å². The summed E-state index contributed by atoms with van der Waals surface area (Å²) in [5, 5.41) is 7.80. The smallest absolute Gasteiger partial charge is 0.449 e. The van der Waals surface area contributed by atoms with E-state index >= 15 is 0 Å². The molecule has 0 aromatic carbocycles. The zero-order valence-electron chi connectivity index (χ0n) is 4.34. The zero-order valence-corrected chi connectivity index (χ0v) is 6.87. The highest BCUT2D eigenvalue weighted by atomic mass is 32.3. The Bertz CT molecular complexity index is 250. The second kappa shape index (κ2) is 3.17. The maximum Gasteiger partial charge on any atom is 0.522 e. The van der Waals surface area contributed by atoms with Gasteiger partial charge in [-0.25, -0.2) is 4.79 Å². The minimum atomic E-state index is -4.30. The molecule has 0 aliphatic rings. The quantitative estimate of drug-likeness (QED) is 0.332. The maximum absolute atomic E-state index is 10.3. The number of rotatable bonds is 0. The van der Waals surface area contributed by atoms with Crippen molar-refractivity contribution in [3.63, 3.8) is 0 Å². The molecule has 0 rings (SSSR count). The summed E-state index contributed by atoms with van der Waals surface area (Å²) < 4.78 is 23.2. The zero-order chi connectivity index (χ0) is 8.36. The van der Waals surface area contributed by atoms with E-state index in [9.17, 15) is 13.2 Å². The molecule has 0 aromatic rings. The fourth-order valence-corrected chi connectivity index (χ4v) is 0.602. The topological polar surface area (TPSA) is 80.7 Å². The van der Waals surface area contributed by atoms with Gasteiger partial charge in [0.15, 0.2) is 3.53 Å². The van der Waals surface area contributed by atoms with Crippen molar-refractivity contribution >= 4 is 44.6 Å². The van der Waals surface area contributed by atoms with Gasteiger partial charge in [-0.3, -0.25) is 0 Å². The third-order valence-electron chi connectivity index (χ3n) is 0.395. The molecule has 0 bridgehead atoms. The summed E-state index contributed by atoms with van der Waals surface area (Å²) in [6, 6.07) is 0. The van der Waals surface area contributed by atoms with Gasteiger partial charge in [-0.2, -0.15) is 8.42 Å². The van der Waals surface area contributed by atoms with E-state index in [-0.39, 0.29) is 0 Å². The van der Waals surface area contributed by atoms with Crippen LogP contribution in [0.25, 0.3) is 0 Å². The summed E-state index contributed by atoms with van der Waals surface area (Å²) in [4.78, 5) is 9.62. The molecule has 0 amide bonds. The van der Waals surface area contributed by atoms with Crippen molar-refractivity contribution in [2.45, 2.75) is 0 Å². The van der Waals surface area contributed by atoms with Crippen LogP contribution < -0.4 is 0 Å². The van der Waals surface area contributed by atoms with Gasteiger partial charge in [0.2, 0.25) is 0 Å². The Labute approximate surface area is 67.5 Å². The molecular formula is C2H2O5S3. The highest BCUT2D eigenvalue weighted by Gasteiger charge is 2.19. The van der Waals surface area contributed by atoms with Gasteiger partial charge in [0, 0.05) is 0 Å². The molecular weight excluding hydrogens is 200 g/mol. The van der Waals surface area contributed by atoms with Gasteiger partial charge >= 0.3 is 16.3 Å². The van der Waals surface area contributed by atoms with Gasteiger partial charge in [0.25, 0.3) is 0 Å². The number of hydrogen-bond donors (Lipinski definition) is 2. The van der Waals surface area contributed by atoms with Crippen molar-refractivity contribution in [3.05, 3.63) is 0 Å². The monoisotopic (exact) mass is 202 g/mol. The Balaban J connectivity index is 4.46. The summed E-state index contributed by atoms with van der Waals surface area (Å²) >= 11 is 7.25. The largest absolute Gasteiger partial charge is 0.522 e. The van der Waals surface area contributed by atoms with Crippen LogP contribution in [0.1, 0.15) is 0 Å². The van der Waals surface area contributed by atoms with Crippen molar-refractivity contribution in [1.82, 2.24) is 0 Å². The average Bonchev–Trinajstić information content (AvgIpc) is 1.60. The average molecular weight is 202 g/mol. The van der Waals surface area contributed by atoms with Crippen LogP contribution in [0.4, 0.5) is 4.79 Å². The number of hydrogen-bond acceptors (Lipinski definition) is 5. The molecule has 58 valence electrons. The first-order valence-corrected chi connectivity index (χ1v) is 4.03. The van der Waals surface area contributed by atoms with Crippen molar-refractivity contribution in [3.8, 4) is 0 Å². The molecule has 8 heteroatoms. The van der Waals surface area contributed by atoms with Crippen molar-refractivity contribution < 1.29 is 22.5 Å². The Morgan fingerprint density at radius 1 is 1.60 bits per heavy atom. The first-order chi connectivity index (χ1) is 4.36. The third kappa shape index (κ3) is 2.99. The van der Waals surface area contributed by atoms with Crippen LogP contribution in [-0.4, -0.2) is 23.2 Å². The summed E-state index contributed by atoms with van der Waals surface area (Å²) in [5.41, 5.74) is 0. The molecule has 0 saturated carbocycles. The minimum Gasteiger partial charge on any atom is -0.449 e. The molecule has 0 saturated heterocycles. The molecule has 0 atom stereocenters. The highest BCUT2D eigenvalue weighted by Crippen LogP contribution is 2.00. The molecule has 10 heavy (non-hydrogen) atoms.